The maximum Gasteiger partial charge on any atom is 0.110 e. The zero-order valence-electron chi connectivity index (χ0n) is 7.15. The van der Waals surface area contributed by atoms with Gasteiger partial charge in [0.2, 0.25) is 0 Å². The van der Waals surface area contributed by atoms with Gasteiger partial charge in [-0.15, -0.1) is 0 Å². The minimum Gasteiger partial charge on any atom is -0.466 e. The van der Waals surface area contributed by atoms with Crippen molar-refractivity contribution in [3.05, 3.63) is 23.7 Å². The summed E-state index contributed by atoms with van der Waals surface area (Å²) in [6, 6.07) is 4.04. The van der Waals surface area contributed by atoms with E-state index in [1.54, 1.807) is 0 Å². The van der Waals surface area contributed by atoms with Crippen LogP contribution in [-0.4, -0.2) is 5.33 Å². The smallest absolute Gasteiger partial charge is 0.110 e. The Hall–Kier alpha value is -0.240. The van der Waals surface area contributed by atoms with Gasteiger partial charge in [0.1, 0.15) is 11.5 Å². The highest BCUT2D eigenvalue weighted by Gasteiger charge is 2.22. The predicted molar refractivity (Wildman–Crippen MR) is 50.3 cm³/mol. The Morgan fingerprint density at radius 1 is 1.45 bits per heavy atom. The third kappa shape index (κ3) is 1.86. The van der Waals surface area contributed by atoms with Crippen molar-refractivity contribution in [3.63, 3.8) is 0 Å². The number of hydrogen-bond donors (Lipinski definition) is 0. The SMILES string of the molecule is Cc1ccc(C(C)(C)CBr)o1. The lowest BCUT2D eigenvalue weighted by atomic mass is 9.93. The van der Waals surface area contributed by atoms with E-state index in [9.17, 15) is 0 Å². The molecule has 62 valence electrons. The summed E-state index contributed by atoms with van der Waals surface area (Å²) in [6.07, 6.45) is 0. The van der Waals surface area contributed by atoms with E-state index < -0.39 is 0 Å². The molecule has 0 unspecified atom stereocenters. The molecule has 0 saturated carbocycles. The number of halogens is 1. The second-order valence-corrected chi connectivity index (χ2v) is 3.99. The van der Waals surface area contributed by atoms with E-state index in [4.69, 9.17) is 4.42 Å². The lowest BCUT2D eigenvalue weighted by Crippen LogP contribution is -2.17. The van der Waals surface area contributed by atoms with E-state index in [-0.39, 0.29) is 5.41 Å². The van der Waals surface area contributed by atoms with E-state index >= 15 is 0 Å². The lowest BCUT2D eigenvalue weighted by Gasteiger charge is -2.17. The zero-order valence-corrected chi connectivity index (χ0v) is 8.73. The molecule has 0 fully saturated rings. The highest BCUT2D eigenvalue weighted by molar-refractivity contribution is 9.09. The fraction of sp³-hybridized carbons (Fsp3) is 0.556. The van der Waals surface area contributed by atoms with Crippen LogP contribution < -0.4 is 0 Å². The van der Waals surface area contributed by atoms with Crippen molar-refractivity contribution < 1.29 is 4.42 Å². The van der Waals surface area contributed by atoms with E-state index in [1.807, 2.05) is 19.1 Å². The highest BCUT2D eigenvalue weighted by Crippen LogP contribution is 2.26. The molecular weight excluding hydrogens is 204 g/mol. The summed E-state index contributed by atoms with van der Waals surface area (Å²) in [5.41, 5.74) is 0.105. The van der Waals surface area contributed by atoms with Gasteiger partial charge in [0.15, 0.2) is 0 Å². The molecule has 1 aromatic rings. The Labute approximate surface area is 75.9 Å². The normalized spacial score (nSPS) is 12.0. The first kappa shape index (κ1) is 8.85. The molecule has 0 amide bonds. The topological polar surface area (TPSA) is 13.1 Å². The number of hydrogen-bond acceptors (Lipinski definition) is 1. The van der Waals surface area contributed by atoms with Crippen LogP contribution >= 0.6 is 15.9 Å². The molecule has 1 aromatic heterocycles. The molecule has 0 bridgehead atoms. The van der Waals surface area contributed by atoms with Crippen LogP contribution in [-0.2, 0) is 5.41 Å². The molecule has 2 heteroatoms. The van der Waals surface area contributed by atoms with E-state index in [0.717, 1.165) is 16.9 Å². The van der Waals surface area contributed by atoms with Crippen molar-refractivity contribution in [3.8, 4) is 0 Å². The molecule has 0 saturated heterocycles. The summed E-state index contributed by atoms with van der Waals surface area (Å²) in [6.45, 7) is 6.27. The van der Waals surface area contributed by atoms with E-state index in [1.165, 1.54) is 0 Å². The van der Waals surface area contributed by atoms with Crippen molar-refractivity contribution in [1.29, 1.82) is 0 Å². The lowest BCUT2D eigenvalue weighted by molar-refractivity contribution is 0.401. The molecule has 1 heterocycles. The summed E-state index contributed by atoms with van der Waals surface area (Å²) in [7, 11) is 0. The van der Waals surface area contributed by atoms with Crippen LogP contribution in [0, 0.1) is 6.92 Å². The largest absolute Gasteiger partial charge is 0.466 e. The highest BCUT2D eigenvalue weighted by atomic mass is 79.9. The van der Waals surface area contributed by atoms with E-state index in [2.05, 4.69) is 29.8 Å². The van der Waals surface area contributed by atoms with Crippen molar-refractivity contribution in [1.82, 2.24) is 0 Å². The molecule has 0 aromatic carbocycles. The van der Waals surface area contributed by atoms with Crippen LogP contribution in [0.2, 0.25) is 0 Å². The standard InChI is InChI=1S/C9H13BrO/c1-7-4-5-8(11-7)9(2,3)6-10/h4-5H,6H2,1-3H3. The van der Waals surface area contributed by atoms with Crippen LogP contribution in [0.3, 0.4) is 0 Å². The van der Waals surface area contributed by atoms with Crippen LogP contribution in [0.5, 0.6) is 0 Å². The molecule has 0 N–H and O–H groups in total. The van der Waals surface area contributed by atoms with Crippen molar-refractivity contribution in [2.75, 3.05) is 5.33 Å². The number of furan rings is 1. The van der Waals surface area contributed by atoms with Gasteiger partial charge in [-0.25, -0.2) is 0 Å². The fourth-order valence-electron chi connectivity index (χ4n) is 0.864. The average molecular weight is 217 g/mol. The van der Waals surface area contributed by atoms with Gasteiger partial charge in [0, 0.05) is 10.7 Å². The Morgan fingerprint density at radius 2 is 2.09 bits per heavy atom. The monoisotopic (exact) mass is 216 g/mol. The molecule has 11 heavy (non-hydrogen) atoms. The second kappa shape index (κ2) is 3.02. The van der Waals surface area contributed by atoms with Gasteiger partial charge >= 0.3 is 0 Å². The third-order valence-corrected chi connectivity index (χ3v) is 3.14. The number of rotatable bonds is 2. The van der Waals surface area contributed by atoms with Gasteiger partial charge in [-0.3, -0.25) is 0 Å². The van der Waals surface area contributed by atoms with Crippen molar-refractivity contribution >= 4 is 15.9 Å². The molecule has 0 aliphatic heterocycles. The molecule has 1 rings (SSSR count). The minimum atomic E-state index is 0.105. The van der Waals surface area contributed by atoms with Gasteiger partial charge in [0.25, 0.3) is 0 Å². The van der Waals surface area contributed by atoms with Gasteiger partial charge in [-0.1, -0.05) is 29.8 Å². The molecule has 0 spiro atoms. The molecule has 0 atom stereocenters. The first-order valence-electron chi connectivity index (χ1n) is 3.69. The number of alkyl halides is 1. The maximum absolute atomic E-state index is 5.51. The molecule has 0 radical (unpaired) electrons. The molecule has 1 nitrogen and oxygen atoms in total. The molecule has 0 aliphatic rings. The van der Waals surface area contributed by atoms with Gasteiger partial charge < -0.3 is 4.42 Å². The summed E-state index contributed by atoms with van der Waals surface area (Å²) < 4.78 is 5.51. The summed E-state index contributed by atoms with van der Waals surface area (Å²) >= 11 is 3.46. The number of aryl methyl sites for hydroxylation is 1. The summed E-state index contributed by atoms with van der Waals surface area (Å²) in [5.74, 6) is 2.03. The third-order valence-electron chi connectivity index (χ3n) is 1.74. The average Bonchev–Trinajstić information content (AvgIpc) is 2.36. The van der Waals surface area contributed by atoms with Gasteiger partial charge in [-0.05, 0) is 19.1 Å². The minimum absolute atomic E-state index is 0.105. The van der Waals surface area contributed by atoms with Gasteiger partial charge in [-0.2, -0.15) is 0 Å². The Balaban J connectivity index is 2.92. The van der Waals surface area contributed by atoms with Crippen LogP contribution in [0.4, 0.5) is 0 Å². The second-order valence-electron chi connectivity index (χ2n) is 3.43. The van der Waals surface area contributed by atoms with Crippen molar-refractivity contribution in [2.24, 2.45) is 0 Å². The van der Waals surface area contributed by atoms with Crippen molar-refractivity contribution in [2.45, 2.75) is 26.2 Å². The fourth-order valence-corrected chi connectivity index (χ4v) is 1.14. The molecular formula is C9H13BrO. The Bertz CT molecular complexity index is 237. The summed E-state index contributed by atoms with van der Waals surface area (Å²) in [5, 5.41) is 0.924. The van der Waals surface area contributed by atoms with Crippen LogP contribution in [0.25, 0.3) is 0 Å². The molecule has 0 aliphatic carbocycles. The van der Waals surface area contributed by atoms with E-state index in [0.29, 0.717) is 0 Å². The predicted octanol–water partition coefficient (Wildman–Crippen LogP) is 3.26. The summed E-state index contributed by atoms with van der Waals surface area (Å²) in [4.78, 5) is 0. The maximum atomic E-state index is 5.51. The zero-order chi connectivity index (χ0) is 8.48. The Morgan fingerprint density at radius 3 is 2.45 bits per heavy atom. The van der Waals surface area contributed by atoms with Gasteiger partial charge in [0.05, 0.1) is 0 Å². The first-order valence-corrected chi connectivity index (χ1v) is 4.81. The Kier molecular flexibility index (Phi) is 2.43. The quantitative estimate of drug-likeness (QED) is 0.693. The first-order chi connectivity index (χ1) is 5.06. The van der Waals surface area contributed by atoms with Crippen LogP contribution in [0.1, 0.15) is 25.4 Å². The van der Waals surface area contributed by atoms with Crippen LogP contribution in [0.15, 0.2) is 16.5 Å².